The zero-order chi connectivity index (χ0) is 12.3. The Balaban J connectivity index is 2.44. The van der Waals surface area contributed by atoms with Crippen LogP contribution in [0, 0.1) is 5.82 Å². The van der Waals surface area contributed by atoms with E-state index in [2.05, 4.69) is 4.98 Å². The van der Waals surface area contributed by atoms with Gasteiger partial charge >= 0.3 is 0 Å². The van der Waals surface area contributed by atoms with Gasteiger partial charge in [-0.1, -0.05) is 12.1 Å². The number of rotatable bonds is 3. The van der Waals surface area contributed by atoms with Crippen molar-refractivity contribution >= 4 is 11.4 Å². The standard InChI is InChI=1S/C13H14FN3/c1-17(13-5-3-2-4-11(13)14)12-6-7-16-9-10(12)8-15/h2-7,9H,8,15H2,1H3. The first-order valence-corrected chi connectivity index (χ1v) is 5.35. The van der Waals surface area contributed by atoms with E-state index < -0.39 is 0 Å². The Hall–Kier alpha value is -1.94. The van der Waals surface area contributed by atoms with E-state index in [-0.39, 0.29) is 5.82 Å². The fourth-order valence-electron chi connectivity index (χ4n) is 1.76. The van der Waals surface area contributed by atoms with Crippen LogP contribution in [0.3, 0.4) is 0 Å². The van der Waals surface area contributed by atoms with Crippen LogP contribution >= 0.6 is 0 Å². The summed E-state index contributed by atoms with van der Waals surface area (Å²) in [5.41, 5.74) is 7.92. The first kappa shape index (κ1) is 11.5. The summed E-state index contributed by atoms with van der Waals surface area (Å²) >= 11 is 0. The third-order valence-electron chi connectivity index (χ3n) is 2.67. The van der Waals surface area contributed by atoms with Gasteiger partial charge in [-0.05, 0) is 18.2 Å². The summed E-state index contributed by atoms with van der Waals surface area (Å²) in [7, 11) is 1.81. The molecule has 88 valence electrons. The van der Waals surface area contributed by atoms with Crippen LogP contribution < -0.4 is 10.6 Å². The SMILES string of the molecule is CN(c1ccccc1F)c1ccncc1CN. The number of benzene rings is 1. The molecule has 1 aromatic carbocycles. The number of aromatic nitrogens is 1. The van der Waals surface area contributed by atoms with Gasteiger partial charge in [0, 0.05) is 37.2 Å². The Morgan fingerprint density at radius 2 is 2.00 bits per heavy atom. The lowest BCUT2D eigenvalue weighted by Gasteiger charge is -2.22. The lowest BCUT2D eigenvalue weighted by Crippen LogP contribution is -2.14. The predicted molar refractivity (Wildman–Crippen MR) is 66.6 cm³/mol. The number of halogens is 1. The Kier molecular flexibility index (Phi) is 3.35. The lowest BCUT2D eigenvalue weighted by molar-refractivity contribution is 0.627. The molecule has 2 N–H and O–H groups in total. The number of pyridine rings is 1. The van der Waals surface area contributed by atoms with Crippen LogP contribution in [-0.4, -0.2) is 12.0 Å². The third-order valence-corrected chi connectivity index (χ3v) is 2.67. The second-order valence-corrected chi connectivity index (χ2v) is 3.72. The monoisotopic (exact) mass is 231 g/mol. The maximum atomic E-state index is 13.7. The summed E-state index contributed by atoms with van der Waals surface area (Å²) < 4.78 is 13.7. The molecule has 0 unspecified atom stereocenters. The molecule has 0 radical (unpaired) electrons. The van der Waals surface area contributed by atoms with Crippen molar-refractivity contribution in [1.29, 1.82) is 0 Å². The normalized spacial score (nSPS) is 10.3. The Bertz CT molecular complexity index is 514. The second-order valence-electron chi connectivity index (χ2n) is 3.72. The fraction of sp³-hybridized carbons (Fsp3) is 0.154. The molecule has 0 saturated carbocycles. The van der Waals surface area contributed by atoms with Crippen molar-refractivity contribution in [3.8, 4) is 0 Å². The van der Waals surface area contributed by atoms with Gasteiger partial charge < -0.3 is 10.6 Å². The van der Waals surface area contributed by atoms with E-state index in [0.717, 1.165) is 11.3 Å². The van der Waals surface area contributed by atoms with Crippen molar-refractivity contribution in [2.45, 2.75) is 6.54 Å². The van der Waals surface area contributed by atoms with E-state index >= 15 is 0 Å². The number of nitrogens with zero attached hydrogens (tertiary/aromatic N) is 2. The van der Waals surface area contributed by atoms with Crippen LogP contribution in [0.15, 0.2) is 42.7 Å². The quantitative estimate of drug-likeness (QED) is 0.882. The van der Waals surface area contributed by atoms with Crippen molar-refractivity contribution in [2.75, 3.05) is 11.9 Å². The van der Waals surface area contributed by atoms with Crippen LogP contribution in [-0.2, 0) is 6.54 Å². The minimum atomic E-state index is -0.255. The zero-order valence-electron chi connectivity index (χ0n) is 9.60. The molecule has 4 heteroatoms. The van der Waals surface area contributed by atoms with Crippen LogP contribution in [0.1, 0.15) is 5.56 Å². The molecule has 0 atom stereocenters. The highest BCUT2D eigenvalue weighted by Crippen LogP contribution is 2.27. The van der Waals surface area contributed by atoms with Crippen LogP contribution in [0.2, 0.25) is 0 Å². The molecule has 3 nitrogen and oxygen atoms in total. The summed E-state index contributed by atoms with van der Waals surface area (Å²) in [4.78, 5) is 5.79. The van der Waals surface area contributed by atoms with Crippen molar-refractivity contribution in [3.63, 3.8) is 0 Å². The minimum Gasteiger partial charge on any atom is -0.342 e. The van der Waals surface area contributed by atoms with Gasteiger partial charge in [0.2, 0.25) is 0 Å². The number of nitrogens with two attached hydrogens (primary N) is 1. The molecule has 17 heavy (non-hydrogen) atoms. The van der Waals surface area contributed by atoms with Gasteiger partial charge in [-0.25, -0.2) is 4.39 Å². The maximum Gasteiger partial charge on any atom is 0.146 e. The molecule has 0 fully saturated rings. The summed E-state index contributed by atoms with van der Waals surface area (Å²) in [6.45, 7) is 0.377. The van der Waals surface area contributed by atoms with Gasteiger partial charge in [-0.2, -0.15) is 0 Å². The molecule has 0 amide bonds. The molecular weight excluding hydrogens is 217 g/mol. The van der Waals surface area contributed by atoms with Gasteiger partial charge in [-0.15, -0.1) is 0 Å². The highest BCUT2D eigenvalue weighted by atomic mass is 19.1. The van der Waals surface area contributed by atoms with E-state index in [1.807, 2.05) is 13.1 Å². The topological polar surface area (TPSA) is 42.2 Å². The lowest BCUT2D eigenvalue weighted by atomic mass is 10.2. The number of hydrogen-bond donors (Lipinski definition) is 1. The second kappa shape index (κ2) is 4.93. The van der Waals surface area contributed by atoms with E-state index in [1.165, 1.54) is 6.07 Å². The Morgan fingerprint density at radius 1 is 1.24 bits per heavy atom. The summed E-state index contributed by atoms with van der Waals surface area (Å²) in [5, 5.41) is 0. The summed E-state index contributed by atoms with van der Waals surface area (Å²) in [5.74, 6) is -0.255. The fourth-order valence-corrected chi connectivity index (χ4v) is 1.76. The van der Waals surface area contributed by atoms with E-state index in [9.17, 15) is 4.39 Å². The average Bonchev–Trinajstić information content (AvgIpc) is 2.38. The van der Waals surface area contributed by atoms with E-state index in [0.29, 0.717) is 12.2 Å². The molecule has 0 spiro atoms. The Labute approximate surface area is 99.7 Å². The predicted octanol–water partition coefficient (Wildman–Crippen LogP) is 2.45. The van der Waals surface area contributed by atoms with E-state index in [4.69, 9.17) is 5.73 Å². The largest absolute Gasteiger partial charge is 0.342 e. The molecule has 0 saturated heterocycles. The third kappa shape index (κ3) is 2.26. The number of hydrogen-bond acceptors (Lipinski definition) is 3. The zero-order valence-corrected chi connectivity index (χ0v) is 9.60. The first-order chi connectivity index (χ1) is 8.24. The summed E-state index contributed by atoms with van der Waals surface area (Å²) in [6.07, 6.45) is 3.37. The van der Waals surface area contributed by atoms with Crippen LogP contribution in [0.4, 0.5) is 15.8 Å². The molecule has 0 aliphatic carbocycles. The molecule has 0 aliphatic heterocycles. The highest BCUT2D eigenvalue weighted by Gasteiger charge is 2.11. The molecular formula is C13H14FN3. The molecule has 1 heterocycles. The minimum absolute atomic E-state index is 0.255. The summed E-state index contributed by atoms with van der Waals surface area (Å²) in [6, 6.07) is 8.47. The average molecular weight is 231 g/mol. The van der Waals surface area contributed by atoms with Crippen molar-refractivity contribution < 1.29 is 4.39 Å². The molecule has 2 rings (SSSR count). The van der Waals surface area contributed by atoms with Gasteiger partial charge in [0.25, 0.3) is 0 Å². The molecule has 1 aromatic heterocycles. The van der Waals surface area contributed by atoms with Gasteiger partial charge in [0.05, 0.1) is 5.69 Å². The Morgan fingerprint density at radius 3 is 2.71 bits per heavy atom. The van der Waals surface area contributed by atoms with Crippen molar-refractivity contribution in [2.24, 2.45) is 5.73 Å². The van der Waals surface area contributed by atoms with Crippen molar-refractivity contribution in [1.82, 2.24) is 4.98 Å². The smallest absolute Gasteiger partial charge is 0.146 e. The molecule has 2 aromatic rings. The van der Waals surface area contributed by atoms with Gasteiger partial charge in [0.1, 0.15) is 5.82 Å². The molecule has 0 bridgehead atoms. The van der Waals surface area contributed by atoms with E-state index in [1.54, 1.807) is 35.5 Å². The highest BCUT2D eigenvalue weighted by molar-refractivity contribution is 5.65. The van der Waals surface area contributed by atoms with Crippen LogP contribution in [0.5, 0.6) is 0 Å². The molecule has 0 aliphatic rings. The maximum absolute atomic E-state index is 13.7. The number of para-hydroxylation sites is 1. The van der Waals surface area contributed by atoms with Gasteiger partial charge in [-0.3, -0.25) is 4.98 Å². The van der Waals surface area contributed by atoms with Crippen molar-refractivity contribution in [3.05, 3.63) is 54.1 Å². The number of anilines is 2. The van der Waals surface area contributed by atoms with Crippen LogP contribution in [0.25, 0.3) is 0 Å². The first-order valence-electron chi connectivity index (χ1n) is 5.35. The van der Waals surface area contributed by atoms with Gasteiger partial charge in [0.15, 0.2) is 0 Å².